The van der Waals surface area contributed by atoms with E-state index in [1.165, 1.54) is 12.1 Å². The Morgan fingerprint density at radius 1 is 1.24 bits per heavy atom. The lowest BCUT2D eigenvalue weighted by Crippen LogP contribution is -2.12. The number of hydrogen-bond donors (Lipinski definition) is 1. The molecular formula is C15H17N3O3. The number of benzene rings is 1. The molecule has 0 aliphatic rings. The number of nitro groups is 1. The zero-order valence-corrected chi connectivity index (χ0v) is 12.0. The SMILES string of the molecule is Cc1cc(C)nc(OCCNc2ccc([N+](=O)[O-])cc2)c1. The van der Waals surface area contributed by atoms with Gasteiger partial charge in [-0.15, -0.1) is 0 Å². The highest BCUT2D eigenvalue weighted by molar-refractivity contribution is 5.48. The van der Waals surface area contributed by atoms with E-state index in [-0.39, 0.29) is 5.69 Å². The van der Waals surface area contributed by atoms with E-state index in [2.05, 4.69) is 10.3 Å². The minimum absolute atomic E-state index is 0.0798. The van der Waals surface area contributed by atoms with Gasteiger partial charge in [0.2, 0.25) is 5.88 Å². The highest BCUT2D eigenvalue weighted by Gasteiger charge is 2.03. The number of nitrogens with zero attached hydrogens (tertiary/aromatic N) is 2. The molecule has 0 fully saturated rings. The molecule has 0 atom stereocenters. The smallest absolute Gasteiger partial charge is 0.269 e. The second-order valence-corrected chi connectivity index (χ2v) is 4.70. The van der Waals surface area contributed by atoms with Gasteiger partial charge in [-0.2, -0.15) is 0 Å². The van der Waals surface area contributed by atoms with E-state index in [4.69, 9.17) is 4.74 Å². The van der Waals surface area contributed by atoms with Crippen LogP contribution < -0.4 is 10.1 Å². The third-order valence-corrected chi connectivity index (χ3v) is 2.83. The number of pyridine rings is 1. The van der Waals surface area contributed by atoms with Gasteiger partial charge in [0.05, 0.1) is 4.92 Å². The Morgan fingerprint density at radius 3 is 2.57 bits per heavy atom. The van der Waals surface area contributed by atoms with Crippen molar-refractivity contribution < 1.29 is 9.66 Å². The van der Waals surface area contributed by atoms with Gasteiger partial charge in [0.1, 0.15) is 6.61 Å². The molecule has 2 rings (SSSR count). The van der Waals surface area contributed by atoms with Crippen LogP contribution in [0.1, 0.15) is 11.3 Å². The summed E-state index contributed by atoms with van der Waals surface area (Å²) < 4.78 is 5.57. The van der Waals surface area contributed by atoms with Gasteiger partial charge in [-0.25, -0.2) is 4.98 Å². The van der Waals surface area contributed by atoms with E-state index in [0.29, 0.717) is 19.0 Å². The lowest BCUT2D eigenvalue weighted by molar-refractivity contribution is -0.384. The van der Waals surface area contributed by atoms with E-state index in [9.17, 15) is 10.1 Å². The quantitative estimate of drug-likeness (QED) is 0.502. The Balaban J connectivity index is 1.80. The third kappa shape index (κ3) is 4.45. The number of hydrogen-bond acceptors (Lipinski definition) is 5. The van der Waals surface area contributed by atoms with Crippen LogP contribution in [0.5, 0.6) is 5.88 Å². The van der Waals surface area contributed by atoms with Crippen molar-refractivity contribution in [1.29, 1.82) is 0 Å². The van der Waals surface area contributed by atoms with Gasteiger partial charge in [-0.3, -0.25) is 10.1 Å². The second kappa shape index (κ2) is 6.69. The van der Waals surface area contributed by atoms with Crippen LogP contribution in [0.3, 0.4) is 0 Å². The molecule has 1 aromatic carbocycles. The number of ether oxygens (including phenoxy) is 1. The van der Waals surface area contributed by atoms with Crippen LogP contribution >= 0.6 is 0 Å². The topological polar surface area (TPSA) is 77.3 Å². The molecule has 110 valence electrons. The first-order chi connectivity index (χ1) is 10.0. The number of non-ortho nitro benzene ring substituents is 1. The molecule has 1 N–H and O–H groups in total. The van der Waals surface area contributed by atoms with Gasteiger partial charge in [0.25, 0.3) is 5.69 Å². The Bertz CT molecular complexity index is 606. The zero-order valence-electron chi connectivity index (χ0n) is 12.0. The molecule has 1 aromatic heterocycles. The maximum Gasteiger partial charge on any atom is 0.269 e. The fourth-order valence-corrected chi connectivity index (χ4v) is 1.93. The van der Waals surface area contributed by atoms with Crippen molar-refractivity contribution in [1.82, 2.24) is 4.98 Å². The summed E-state index contributed by atoms with van der Waals surface area (Å²) >= 11 is 0. The van der Waals surface area contributed by atoms with E-state index in [0.717, 1.165) is 16.9 Å². The maximum absolute atomic E-state index is 10.5. The monoisotopic (exact) mass is 287 g/mol. The molecule has 21 heavy (non-hydrogen) atoms. The summed E-state index contributed by atoms with van der Waals surface area (Å²) in [6, 6.07) is 10.2. The van der Waals surface area contributed by atoms with Crippen LogP contribution in [0.15, 0.2) is 36.4 Å². The number of anilines is 1. The average molecular weight is 287 g/mol. The fraction of sp³-hybridized carbons (Fsp3) is 0.267. The number of nitrogens with one attached hydrogen (secondary N) is 1. The Morgan fingerprint density at radius 2 is 1.95 bits per heavy atom. The molecule has 0 spiro atoms. The Labute approximate surface area is 122 Å². The fourth-order valence-electron chi connectivity index (χ4n) is 1.93. The normalized spacial score (nSPS) is 10.2. The summed E-state index contributed by atoms with van der Waals surface area (Å²) in [6.45, 7) is 4.98. The zero-order chi connectivity index (χ0) is 15.2. The van der Waals surface area contributed by atoms with E-state index >= 15 is 0 Å². The van der Waals surface area contributed by atoms with Crippen molar-refractivity contribution in [3.05, 3.63) is 57.8 Å². The van der Waals surface area contributed by atoms with Crippen molar-refractivity contribution in [2.75, 3.05) is 18.5 Å². The molecule has 1 heterocycles. The maximum atomic E-state index is 10.5. The summed E-state index contributed by atoms with van der Waals surface area (Å²) in [4.78, 5) is 14.4. The van der Waals surface area contributed by atoms with Crippen LogP contribution in [-0.4, -0.2) is 23.1 Å². The predicted octanol–water partition coefficient (Wildman–Crippen LogP) is 3.10. The number of aryl methyl sites for hydroxylation is 2. The highest BCUT2D eigenvalue weighted by Crippen LogP contribution is 2.15. The number of nitro benzene ring substituents is 1. The van der Waals surface area contributed by atoms with Crippen molar-refractivity contribution in [2.24, 2.45) is 0 Å². The molecular weight excluding hydrogens is 270 g/mol. The van der Waals surface area contributed by atoms with Crippen LogP contribution in [-0.2, 0) is 0 Å². The molecule has 0 saturated carbocycles. The molecule has 2 aromatic rings. The molecule has 0 amide bonds. The van der Waals surface area contributed by atoms with Gasteiger partial charge in [-0.1, -0.05) is 0 Å². The molecule has 6 nitrogen and oxygen atoms in total. The van der Waals surface area contributed by atoms with Crippen molar-refractivity contribution in [3.63, 3.8) is 0 Å². The second-order valence-electron chi connectivity index (χ2n) is 4.70. The first kappa shape index (κ1) is 14.8. The minimum atomic E-state index is -0.418. The van der Waals surface area contributed by atoms with Crippen LogP contribution in [0.25, 0.3) is 0 Å². The largest absolute Gasteiger partial charge is 0.476 e. The van der Waals surface area contributed by atoms with Crippen molar-refractivity contribution in [2.45, 2.75) is 13.8 Å². The summed E-state index contributed by atoms with van der Waals surface area (Å²) in [7, 11) is 0. The highest BCUT2D eigenvalue weighted by atomic mass is 16.6. The molecule has 0 unspecified atom stereocenters. The van der Waals surface area contributed by atoms with E-state index < -0.39 is 4.92 Å². The average Bonchev–Trinajstić information content (AvgIpc) is 2.43. The van der Waals surface area contributed by atoms with Crippen LogP contribution in [0.4, 0.5) is 11.4 Å². The van der Waals surface area contributed by atoms with Gasteiger partial charge in [0, 0.05) is 36.1 Å². The van der Waals surface area contributed by atoms with E-state index in [1.807, 2.05) is 26.0 Å². The molecule has 0 aliphatic heterocycles. The predicted molar refractivity (Wildman–Crippen MR) is 80.8 cm³/mol. The van der Waals surface area contributed by atoms with Crippen molar-refractivity contribution in [3.8, 4) is 5.88 Å². The van der Waals surface area contributed by atoms with Crippen LogP contribution in [0.2, 0.25) is 0 Å². The molecule has 0 radical (unpaired) electrons. The molecule has 6 heteroatoms. The number of rotatable bonds is 6. The summed E-state index contributed by atoms with van der Waals surface area (Å²) in [5.41, 5.74) is 2.93. The minimum Gasteiger partial charge on any atom is -0.476 e. The van der Waals surface area contributed by atoms with Gasteiger partial charge < -0.3 is 10.1 Å². The van der Waals surface area contributed by atoms with E-state index in [1.54, 1.807) is 12.1 Å². The lowest BCUT2D eigenvalue weighted by Gasteiger charge is -2.09. The molecule has 0 saturated heterocycles. The van der Waals surface area contributed by atoms with Gasteiger partial charge in [0.15, 0.2) is 0 Å². The summed E-state index contributed by atoms with van der Waals surface area (Å²) in [5.74, 6) is 0.609. The summed E-state index contributed by atoms with van der Waals surface area (Å²) in [6.07, 6.45) is 0. The molecule has 0 bridgehead atoms. The standard InChI is InChI=1S/C15H17N3O3/c1-11-9-12(2)17-15(10-11)21-8-7-16-13-3-5-14(6-4-13)18(19)20/h3-6,9-10,16H,7-8H2,1-2H3. The van der Waals surface area contributed by atoms with Crippen LogP contribution in [0, 0.1) is 24.0 Å². The number of aromatic nitrogens is 1. The molecule has 0 aliphatic carbocycles. The summed E-state index contributed by atoms with van der Waals surface area (Å²) in [5, 5.41) is 13.7. The third-order valence-electron chi connectivity index (χ3n) is 2.83. The first-order valence-electron chi connectivity index (χ1n) is 6.61. The van der Waals surface area contributed by atoms with Crippen molar-refractivity contribution >= 4 is 11.4 Å². The first-order valence-corrected chi connectivity index (χ1v) is 6.61. The Kier molecular flexibility index (Phi) is 4.71. The Hall–Kier alpha value is -2.63. The van der Waals surface area contributed by atoms with Gasteiger partial charge in [-0.05, 0) is 37.6 Å². The van der Waals surface area contributed by atoms with Gasteiger partial charge >= 0.3 is 0 Å². The lowest BCUT2D eigenvalue weighted by atomic mass is 10.2.